The van der Waals surface area contributed by atoms with E-state index in [1.54, 1.807) is 11.3 Å². The number of aromatic nitrogens is 2. The van der Waals surface area contributed by atoms with Crippen LogP contribution in [0.5, 0.6) is 0 Å². The molecule has 1 atom stereocenters. The van der Waals surface area contributed by atoms with Gasteiger partial charge in [-0.25, -0.2) is 0 Å². The molecule has 1 unspecified atom stereocenters. The lowest BCUT2D eigenvalue weighted by atomic mass is 9.98. The van der Waals surface area contributed by atoms with Gasteiger partial charge in [-0.15, -0.1) is 21.5 Å². The predicted molar refractivity (Wildman–Crippen MR) is 97.5 cm³/mol. The highest BCUT2D eigenvalue weighted by atomic mass is 32.1. The van der Waals surface area contributed by atoms with Crippen molar-refractivity contribution in [2.45, 2.75) is 46.0 Å². The number of carbonyl (C=O) groups excluding carboxylic acids is 1. The smallest absolute Gasteiger partial charge is 0.253 e. The Morgan fingerprint density at radius 3 is 2.75 bits per heavy atom. The van der Waals surface area contributed by atoms with Crippen LogP contribution in [0.1, 0.15) is 58.5 Å². The Morgan fingerprint density at radius 2 is 2.04 bits per heavy atom. The first-order valence-corrected chi connectivity index (χ1v) is 9.53. The van der Waals surface area contributed by atoms with Crippen molar-refractivity contribution in [3.8, 4) is 0 Å². The fourth-order valence-electron chi connectivity index (χ4n) is 3.11. The molecule has 128 valence electrons. The van der Waals surface area contributed by atoms with Crippen molar-refractivity contribution in [3.63, 3.8) is 0 Å². The van der Waals surface area contributed by atoms with Crippen molar-refractivity contribution >= 4 is 17.2 Å². The van der Waals surface area contributed by atoms with E-state index >= 15 is 0 Å². The molecule has 4 nitrogen and oxygen atoms in total. The molecule has 3 rings (SSSR count). The Kier molecular flexibility index (Phi) is 5.29. The first-order chi connectivity index (χ1) is 11.5. The molecule has 1 amide bonds. The van der Waals surface area contributed by atoms with Gasteiger partial charge in [-0.1, -0.05) is 31.5 Å². The van der Waals surface area contributed by atoms with Gasteiger partial charge in [0.15, 0.2) is 0 Å². The second-order valence-corrected chi connectivity index (χ2v) is 8.18. The van der Waals surface area contributed by atoms with Crippen LogP contribution >= 0.6 is 11.3 Å². The topological polar surface area (TPSA) is 46.1 Å². The first kappa shape index (κ1) is 17.1. The molecule has 1 aliphatic rings. The summed E-state index contributed by atoms with van der Waals surface area (Å²) in [5.41, 5.74) is 1.95. The summed E-state index contributed by atoms with van der Waals surface area (Å²) in [6, 6.07) is 7.84. The van der Waals surface area contributed by atoms with E-state index in [1.807, 2.05) is 36.1 Å². The molecule has 0 radical (unpaired) electrons. The van der Waals surface area contributed by atoms with Crippen LogP contribution in [0.15, 0.2) is 24.3 Å². The summed E-state index contributed by atoms with van der Waals surface area (Å²) >= 11 is 1.72. The summed E-state index contributed by atoms with van der Waals surface area (Å²) < 4.78 is 0. The summed E-state index contributed by atoms with van der Waals surface area (Å²) in [7, 11) is 0. The third kappa shape index (κ3) is 4.01. The average molecular weight is 343 g/mol. The minimum Gasteiger partial charge on any atom is -0.338 e. The van der Waals surface area contributed by atoms with Gasteiger partial charge in [0.2, 0.25) is 0 Å². The number of hydrogen-bond donors (Lipinski definition) is 0. The van der Waals surface area contributed by atoms with Crippen molar-refractivity contribution in [1.82, 2.24) is 15.1 Å². The van der Waals surface area contributed by atoms with Crippen LogP contribution in [0.3, 0.4) is 0 Å². The molecule has 1 aromatic heterocycles. The standard InChI is InChI=1S/C19H25N3OS/c1-13(2)11-17-20-21-18(24-17)16-5-4-10-22(12-16)19(23)15-8-6-14(3)7-9-15/h6-9,13,16H,4-5,10-12H2,1-3H3. The number of aryl methyl sites for hydroxylation is 1. The molecule has 0 N–H and O–H groups in total. The maximum Gasteiger partial charge on any atom is 0.253 e. The second kappa shape index (κ2) is 7.43. The van der Waals surface area contributed by atoms with Gasteiger partial charge in [0.05, 0.1) is 0 Å². The normalized spacial score (nSPS) is 18.2. The fraction of sp³-hybridized carbons (Fsp3) is 0.526. The van der Waals surface area contributed by atoms with Gasteiger partial charge in [-0.05, 0) is 37.8 Å². The number of piperidine rings is 1. The van der Waals surface area contributed by atoms with Gasteiger partial charge in [-0.3, -0.25) is 4.79 Å². The Morgan fingerprint density at radius 1 is 1.29 bits per heavy atom. The molecule has 0 aliphatic carbocycles. The second-order valence-electron chi connectivity index (χ2n) is 7.09. The maximum atomic E-state index is 12.7. The fourth-order valence-corrected chi connectivity index (χ4v) is 4.29. The molecule has 1 aliphatic heterocycles. The Bertz CT molecular complexity index is 693. The van der Waals surface area contributed by atoms with E-state index in [4.69, 9.17) is 0 Å². The molecule has 24 heavy (non-hydrogen) atoms. The molecule has 5 heteroatoms. The molecule has 0 bridgehead atoms. The number of hydrogen-bond acceptors (Lipinski definition) is 4. The minimum absolute atomic E-state index is 0.131. The molecule has 1 fully saturated rings. The van der Waals surface area contributed by atoms with Gasteiger partial charge in [0.25, 0.3) is 5.91 Å². The average Bonchev–Trinajstić information content (AvgIpc) is 3.03. The van der Waals surface area contributed by atoms with E-state index in [0.29, 0.717) is 11.8 Å². The quantitative estimate of drug-likeness (QED) is 0.841. The molecule has 1 aromatic carbocycles. The van der Waals surface area contributed by atoms with Crippen LogP contribution < -0.4 is 0 Å². The van der Waals surface area contributed by atoms with Crippen molar-refractivity contribution < 1.29 is 4.79 Å². The third-order valence-corrected chi connectivity index (χ3v) is 5.53. The van der Waals surface area contributed by atoms with E-state index < -0.39 is 0 Å². The van der Waals surface area contributed by atoms with Gasteiger partial charge in [0, 0.05) is 31.0 Å². The summed E-state index contributed by atoms with van der Waals surface area (Å²) in [5, 5.41) is 10.9. The van der Waals surface area contributed by atoms with Crippen LogP contribution in [0.25, 0.3) is 0 Å². The van der Waals surface area contributed by atoms with Crippen LogP contribution in [-0.2, 0) is 6.42 Å². The first-order valence-electron chi connectivity index (χ1n) is 8.71. The zero-order valence-electron chi connectivity index (χ0n) is 14.7. The van der Waals surface area contributed by atoms with Crippen molar-refractivity contribution in [2.24, 2.45) is 5.92 Å². The summed E-state index contributed by atoms with van der Waals surface area (Å²) in [6.07, 6.45) is 3.10. The molecular formula is C19H25N3OS. The highest BCUT2D eigenvalue weighted by molar-refractivity contribution is 7.11. The largest absolute Gasteiger partial charge is 0.338 e. The lowest BCUT2D eigenvalue weighted by molar-refractivity contribution is 0.0707. The Balaban J connectivity index is 1.68. The number of benzene rings is 1. The Labute approximate surface area is 147 Å². The maximum absolute atomic E-state index is 12.7. The van der Waals surface area contributed by atoms with Crippen molar-refractivity contribution in [1.29, 1.82) is 0 Å². The number of amides is 1. The predicted octanol–water partition coefficient (Wildman–Crippen LogP) is 4.06. The van der Waals surface area contributed by atoms with Crippen molar-refractivity contribution in [3.05, 3.63) is 45.4 Å². The minimum atomic E-state index is 0.131. The number of nitrogens with zero attached hydrogens (tertiary/aromatic N) is 3. The number of rotatable bonds is 4. The monoisotopic (exact) mass is 343 g/mol. The molecule has 0 saturated carbocycles. The van der Waals surface area contributed by atoms with Crippen LogP contribution in [0, 0.1) is 12.8 Å². The van der Waals surface area contributed by atoms with Gasteiger partial charge in [0.1, 0.15) is 10.0 Å². The van der Waals surface area contributed by atoms with E-state index in [0.717, 1.165) is 47.9 Å². The van der Waals surface area contributed by atoms with E-state index in [1.165, 1.54) is 5.56 Å². The van der Waals surface area contributed by atoms with E-state index in [9.17, 15) is 4.79 Å². The van der Waals surface area contributed by atoms with Gasteiger partial charge in [-0.2, -0.15) is 0 Å². The number of likely N-dealkylation sites (tertiary alicyclic amines) is 1. The zero-order chi connectivity index (χ0) is 17.1. The molecule has 2 heterocycles. The SMILES string of the molecule is Cc1ccc(C(=O)N2CCCC(c3nnc(CC(C)C)s3)C2)cc1. The number of carbonyl (C=O) groups is 1. The van der Waals surface area contributed by atoms with Crippen LogP contribution in [0.4, 0.5) is 0 Å². The van der Waals surface area contributed by atoms with Crippen LogP contribution in [-0.4, -0.2) is 34.1 Å². The third-order valence-electron chi connectivity index (χ3n) is 4.42. The molecule has 1 saturated heterocycles. The van der Waals surface area contributed by atoms with Crippen LogP contribution in [0.2, 0.25) is 0 Å². The molecule has 0 spiro atoms. The summed E-state index contributed by atoms with van der Waals surface area (Å²) in [5.74, 6) is 1.05. The molecule has 2 aromatic rings. The van der Waals surface area contributed by atoms with E-state index in [-0.39, 0.29) is 5.91 Å². The highest BCUT2D eigenvalue weighted by Crippen LogP contribution is 2.30. The lowest BCUT2D eigenvalue weighted by Gasteiger charge is -2.31. The van der Waals surface area contributed by atoms with Crippen molar-refractivity contribution in [2.75, 3.05) is 13.1 Å². The zero-order valence-corrected chi connectivity index (χ0v) is 15.5. The summed E-state index contributed by atoms with van der Waals surface area (Å²) in [6.45, 7) is 8.02. The summed E-state index contributed by atoms with van der Waals surface area (Å²) in [4.78, 5) is 14.7. The van der Waals surface area contributed by atoms with E-state index in [2.05, 4.69) is 24.0 Å². The Hall–Kier alpha value is -1.75. The van der Waals surface area contributed by atoms with Gasteiger partial charge >= 0.3 is 0 Å². The van der Waals surface area contributed by atoms with Gasteiger partial charge < -0.3 is 4.90 Å². The lowest BCUT2D eigenvalue weighted by Crippen LogP contribution is -2.39. The molecular weight excluding hydrogens is 318 g/mol. The highest BCUT2D eigenvalue weighted by Gasteiger charge is 2.27.